The van der Waals surface area contributed by atoms with Gasteiger partial charge in [0.2, 0.25) is 0 Å². The van der Waals surface area contributed by atoms with Crippen molar-refractivity contribution >= 4 is 0 Å². The summed E-state index contributed by atoms with van der Waals surface area (Å²) in [7, 11) is 3.23. The van der Waals surface area contributed by atoms with Crippen LogP contribution in [0.4, 0.5) is 0 Å². The maximum atomic E-state index is 5.54. The number of benzene rings is 1. The van der Waals surface area contributed by atoms with E-state index in [1.807, 2.05) is 18.2 Å². The van der Waals surface area contributed by atoms with Gasteiger partial charge >= 0.3 is 0 Å². The molecular weight excluding hydrogens is 256 g/mol. The summed E-state index contributed by atoms with van der Waals surface area (Å²) in [6, 6.07) is 5.70. The second-order valence-corrected chi connectivity index (χ2v) is 4.35. The molecule has 1 heterocycles. The summed E-state index contributed by atoms with van der Waals surface area (Å²) in [5, 5.41) is 3.32. The molecule has 0 aliphatic carbocycles. The van der Waals surface area contributed by atoms with Crippen molar-refractivity contribution in [1.29, 1.82) is 0 Å². The highest BCUT2D eigenvalue weighted by atomic mass is 16.5. The van der Waals surface area contributed by atoms with E-state index in [9.17, 15) is 0 Å². The molecule has 5 nitrogen and oxygen atoms in total. The van der Waals surface area contributed by atoms with Crippen molar-refractivity contribution in [3.8, 4) is 22.8 Å². The molecule has 0 saturated heterocycles. The Hall–Kier alpha value is -2.01. The lowest BCUT2D eigenvalue weighted by Gasteiger charge is -2.11. The van der Waals surface area contributed by atoms with Gasteiger partial charge in [0.05, 0.1) is 19.8 Å². The smallest absolute Gasteiger partial charge is 0.181 e. The van der Waals surface area contributed by atoms with Crippen LogP contribution in [0.2, 0.25) is 0 Å². The highest BCUT2D eigenvalue weighted by Crippen LogP contribution is 2.38. The highest BCUT2D eigenvalue weighted by molar-refractivity contribution is 5.71. The average molecular weight is 276 g/mol. The third-order valence-corrected chi connectivity index (χ3v) is 3.01. The van der Waals surface area contributed by atoms with E-state index in [1.165, 1.54) is 6.39 Å². The minimum absolute atomic E-state index is 0.656. The van der Waals surface area contributed by atoms with E-state index >= 15 is 0 Å². The SMILES string of the molecule is CCCNCc1ncoc1-c1cccc(OC)c1OC. The summed E-state index contributed by atoms with van der Waals surface area (Å²) < 4.78 is 16.3. The molecule has 2 rings (SSSR count). The zero-order valence-electron chi connectivity index (χ0n) is 12.1. The summed E-state index contributed by atoms with van der Waals surface area (Å²) in [4.78, 5) is 4.27. The van der Waals surface area contributed by atoms with Gasteiger partial charge in [-0.05, 0) is 25.1 Å². The Morgan fingerprint density at radius 2 is 2.10 bits per heavy atom. The number of methoxy groups -OCH3 is 2. The summed E-state index contributed by atoms with van der Waals surface area (Å²) in [5.74, 6) is 2.04. The van der Waals surface area contributed by atoms with Crippen molar-refractivity contribution in [1.82, 2.24) is 10.3 Å². The van der Waals surface area contributed by atoms with Gasteiger partial charge < -0.3 is 19.2 Å². The first-order valence-electron chi connectivity index (χ1n) is 6.66. The molecule has 0 radical (unpaired) electrons. The molecule has 0 aliphatic heterocycles. The van der Waals surface area contributed by atoms with Gasteiger partial charge in [-0.1, -0.05) is 13.0 Å². The maximum absolute atomic E-state index is 5.54. The molecule has 0 saturated carbocycles. The van der Waals surface area contributed by atoms with Gasteiger partial charge in [-0.3, -0.25) is 0 Å². The lowest BCUT2D eigenvalue weighted by molar-refractivity contribution is 0.355. The maximum Gasteiger partial charge on any atom is 0.181 e. The van der Waals surface area contributed by atoms with Crippen LogP contribution in [0, 0.1) is 0 Å². The first kappa shape index (κ1) is 14.4. The first-order valence-corrected chi connectivity index (χ1v) is 6.66. The molecule has 1 aromatic carbocycles. The van der Waals surface area contributed by atoms with Crippen LogP contribution < -0.4 is 14.8 Å². The molecule has 0 atom stereocenters. The minimum Gasteiger partial charge on any atom is -0.493 e. The van der Waals surface area contributed by atoms with E-state index in [1.54, 1.807) is 14.2 Å². The summed E-state index contributed by atoms with van der Waals surface area (Å²) in [5.41, 5.74) is 1.71. The van der Waals surface area contributed by atoms with Crippen LogP contribution in [0.1, 0.15) is 19.0 Å². The summed E-state index contributed by atoms with van der Waals surface area (Å²) >= 11 is 0. The van der Waals surface area contributed by atoms with Gasteiger partial charge in [-0.2, -0.15) is 0 Å². The average Bonchev–Trinajstić information content (AvgIpc) is 2.94. The molecule has 108 valence electrons. The Bertz CT molecular complexity index is 552. The van der Waals surface area contributed by atoms with Crippen LogP contribution in [0.5, 0.6) is 11.5 Å². The fourth-order valence-electron chi connectivity index (χ4n) is 2.06. The lowest BCUT2D eigenvalue weighted by Crippen LogP contribution is -2.14. The second-order valence-electron chi connectivity index (χ2n) is 4.35. The van der Waals surface area contributed by atoms with Gasteiger partial charge in [0, 0.05) is 6.54 Å². The number of oxazole rings is 1. The van der Waals surface area contributed by atoms with E-state index < -0.39 is 0 Å². The molecule has 0 fully saturated rings. The van der Waals surface area contributed by atoms with Crippen LogP contribution >= 0.6 is 0 Å². The third-order valence-electron chi connectivity index (χ3n) is 3.01. The Balaban J connectivity index is 2.34. The molecule has 0 amide bonds. The Morgan fingerprint density at radius 3 is 2.80 bits per heavy atom. The van der Waals surface area contributed by atoms with Gasteiger partial charge in [-0.25, -0.2) is 4.98 Å². The van der Waals surface area contributed by atoms with E-state index in [2.05, 4.69) is 17.2 Å². The third kappa shape index (κ3) is 2.93. The van der Waals surface area contributed by atoms with Crippen molar-refractivity contribution in [2.75, 3.05) is 20.8 Å². The van der Waals surface area contributed by atoms with Crippen LogP contribution in [0.3, 0.4) is 0 Å². The quantitative estimate of drug-likeness (QED) is 0.788. The van der Waals surface area contributed by atoms with Crippen molar-refractivity contribution in [2.24, 2.45) is 0 Å². The number of hydrogen-bond donors (Lipinski definition) is 1. The van der Waals surface area contributed by atoms with Gasteiger partial charge in [0.1, 0.15) is 5.69 Å². The van der Waals surface area contributed by atoms with Crippen molar-refractivity contribution in [3.63, 3.8) is 0 Å². The standard InChI is InChI=1S/C15H20N2O3/c1-4-8-16-9-12-14(20-10-17-12)11-6-5-7-13(18-2)15(11)19-3/h5-7,10,16H,4,8-9H2,1-3H3. The Kier molecular flexibility index (Phi) is 5.01. The number of hydrogen-bond acceptors (Lipinski definition) is 5. The molecule has 1 N–H and O–H groups in total. The number of aromatic nitrogens is 1. The fraction of sp³-hybridized carbons (Fsp3) is 0.400. The van der Waals surface area contributed by atoms with E-state index in [0.717, 1.165) is 24.2 Å². The normalized spacial score (nSPS) is 10.6. The van der Waals surface area contributed by atoms with Gasteiger partial charge in [0.15, 0.2) is 23.7 Å². The molecular formula is C15H20N2O3. The van der Waals surface area contributed by atoms with Gasteiger partial charge in [-0.15, -0.1) is 0 Å². The molecule has 0 aliphatic rings. The zero-order chi connectivity index (χ0) is 14.4. The highest BCUT2D eigenvalue weighted by Gasteiger charge is 2.18. The number of para-hydroxylation sites is 1. The number of nitrogens with zero attached hydrogens (tertiary/aromatic N) is 1. The molecule has 2 aromatic rings. The summed E-state index contributed by atoms with van der Waals surface area (Å²) in [6.45, 7) is 3.74. The molecule has 20 heavy (non-hydrogen) atoms. The van der Waals surface area contributed by atoms with Crippen molar-refractivity contribution in [2.45, 2.75) is 19.9 Å². The minimum atomic E-state index is 0.656. The first-order chi connectivity index (χ1) is 9.81. The lowest BCUT2D eigenvalue weighted by atomic mass is 10.1. The number of nitrogens with one attached hydrogen (secondary N) is 1. The largest absolute Gasteiger partial charge is 0.493 e. The fourth-order valence-corrected chi connectivity index (χ4v) is 2.06. The predicted octanol–water partition coefficient (Wildman–Crippen LogP) is 2.86. The van der Waals surface area contributed by atoms with Crippen LogP contribution in [-0.2, 0) is 6.54 Å². The van der Waals surface area contributed by atoms with E-state index in [-0.39, 0.29) is 0 Å². The Labute approximate surface area is 118 Å². The van der Waals surface area contributed by atoms with Crippen LogP contribution in [0.25, 0.3) is 11.3 Å². The van der Waals surface area contributed by atoms with Crippen molar-refractivity contribution < 1.29 is 13.9 Å². The van der Waals surface area contributed by atoms with Gasteiger partial charge in [0.25, 0.3) is 0 Å². The number of ether oxygens (including phenoxy) is 2. The monoisotopic (exact) mass is 276 g/mol. The molecule has 5 heteroatoms. The zero-order valence-corrected chi connectivity index (χ0v) is 12.1. The molecule has 1 aromatic heterocycles. The number of rotatable bonds is 7. The van der Waals surface area contributed by atoms with Crippen molar-refractivity contribution in [3.05, 3.63) is 30.3 Å². The van der Waals surface area contributed by atoms with E-state index in [0.29, 0.717) is 23.8 Å². The molecule has 0 spiro atoms. The van der Waals surface area contributed by atoms with Crippen LogP contribution in [0.15, 0.2) is 29.0 Å². The summed E-state index contributed by atoms with van der Waals surface area (Å²) in [6.07, 6.45) is 2.53. The molecule has 0 bridgehead atoms. The predicted molar refractivity (Wildman–Crippen MR) is 77.0 cm³/mol. The van der Waals surface area contributed by atoms with Crippen LogP contribution in [-0.4, -0.2) is 25.7 Å². The Morgan fingerprint density at radius 1 is 1.25 bits per heavy atom. The second kappa shape index (κ2) is 6.96. The molecule has 0 unspecified atom stereocenters. The van der Waals surface area contributed by atoms with E-state index in [4.69, 9.17) is 13.9 Å². The topological polar surface area (TPSA) is 56.5 Å².